The van der Waals surface area contributed by atoms with E-state index in [0.717, 1.165) is 11.3 Å². The molecule has 2 aromatic rings. The van der Waals surface area contributed by atoms with E-state index in [1.54, 1.807) is 30.3 Å². The van der Waals surface area contributed by atoms with Crippen molar-refractivity contribution in [3.8, 4) is 0 Å². The van der Waals surface area contributed by atoms with Crippen LogP contribution in [0.2, 0.25) is 0 Å². The average Bonchev–Trinajstić information content (AvgIpc) is 2.34. The Balaban J connectivity index is 2.23. The van der Waals surface area contributed by atoms with Crippen molar-refractivity contribution in [3.63, 3.8) is 0 Å². The summed E-state index contributed by atoms with van der Waals surface area (Å²) in [5, 5.41) is 22.1. The molecular weight excluding hydrogens is 231 g/mol. The van der Waals surface area contributed by atoms with Crippen LogP contribution >= 0.6 is 0 Å². The van der Waals surface area contributed by atoms with Crippen LogP contribution in [0.5, 0.6) is 0 Å². The van der Waals surface area contributed by atoms with Gasteiger partial charge in [-0.2, -0.15) is 5.10 Å². The van der Waals surface area contributed by atoms with E-state index in [-0.39, 0.29) is 5.56 Å². The second kappa shape index (κ2) is 5.16. The molecule has 0 fully saturated rings. The molecule has 1 aromatic carbocycles. The van der Waals surface area contributed by atoms with E-state index in [1.807, 2.05) is 6.92 Å². The van der Waals surface area contributed by atoms with Crippen LogP contribution in [-0.2, 0) is 6.54 Å². The first-order valence-electron chi connectivity index (χ1n) is 5.56. The molecule has 1 aromatic heterocycles. The van der Waals surface area contributed by atoms with Crippen molar-refractivity contribution in [1.82, 2.24) is 9.78 Å². The molecule has 92 valence electrons. The Morgan fingerprint density at radius 3 is 2.44 bits per heavy atom. The summed E-state index contributed by atoms with van der Waals surface area (Å²) in [6.45, 7) is 2.18. The monoisotopic (exact) mass is 244 g/mol. The predicted octanol–water partition coefficient (Wildman–Crippen LogP) is -0.720. The van der Waals surface area contributed by atoms with Crippen molar-refractivity contribution < 1.29 is 10.0 Å². The van der Waals surface area contributed by atoms with E-state index in [1.165, 1.54) is 10.7 Å². The third kappa shape index (κ3) is 2.85. The van der Waals surface area contributed by atoms with Gasteiger partial charge in [0.15, 0.2) is 0 Å². The molecule has 0 saturated carbocycles. The topological polar surface area (TPSA) is 75.4 Å². The molecule has 0 aliphatic heterocycles. The smallest absolute Gasteiger partial charge is 0.423 e. The van der Waals surface area contributed by atoms with Gasteiger partial charge in [-0.15, -0.1) is 0 Å². The minimum Gasteiger partial charge on any atom is -0.423 e. The van der Waals surface area contributed by atoms with Gasteiger partial charge in [0.2, 0.25) is 0 Å². The number of nitrogens with zero attached hydrogens (tertiary/aromatic N) is 2. The predicted molar refractivity (Wildman–Crippen MR) is 68.6 cm³/mol. The number of hydrogen-bond acceptors (Lipinski definition) is 4. The quantitative estimate of drug-likeness (QED) is 0.698. The van der Waals surface area contributed by atoms with Crippen LogP contribution in [0, 0.1) is 6.92 Å². The third-order valence-corrected chi connectivity index (χ3v) is 2.61. The van der Waals surface area contributed by atoms with Crippen LogP contribution in [0.4, 0.5) is 0 Å². The van der Waals surface area contributed by atoms with E-state index >= 15 is 0 Å². The van der Waals surface area contributed by atoms with E-state index < -0.39 is 7.12 Å². The number of aromatic nitrogens is 2. The summed E-state index contributed by atoms with van der Waals surface area (Å²) in [6.07, 6.45) is 0. The Morgan fingerprint density at radius 1 is 1.17 bits per heavy atom. The average molecular weight is 244 g/mol. The van der Waals surface area contributed by atoms with E-state index in [2.05, 4.69) is 5.10 Å². The summed E-state index contributed by atoms with van der Waals surface area (Å²) < 4.78 is 1.37. The minimum atomic E-state index is -1.47. The minimum absolute atomic E-state index is 0.160. The fourth-order valence-electron chi connectivity index (χ4n) is 1.63. The number of rotatable bonds is 3. The second-order valence-corrected chi connectivity index (χ2v) is 4.09. The van der Waals surface area contributed by atoms with Crippen LogP contribution in [0.1, 0.15) is 11.3 Å². The highest BCUT2D eigenvalue weighted by Crippen LogP contribution is 1.99. The number of hydrogen-bond donors (Lipinski definition) is 2. The molecule has 0 unspecified atom stereocenters. The van der Waals surface area contributed by atoms with E-state index in [4.69, 9.17) is 10.0 Å². The molecular formula is C12H13BN2O3. The first-order chi connectivity index (χ1) is 8.56. The summed E-state index contributed by atoms with van der Waals surface area (Å²) in [5.41, 5.74) is 1.91. The zero-order valence-electron chi connectivity index (χ0n) is 9.95. The molecule has 0 bridgehead atoms. The SMILES string of the molecule is Cc1ccc(=O)n(Cc2ccc(B(O)O)cc2)n1. The summed E-state index contributed by atoms with van der Waals surface area (Å²) in [6, 6.07) is 9.86. The molecule has 0 atom stereocenters. The lowest BCUT2D eigenvalue weighted by atomic mass is 9.80. The van der Waals surface area contributed by atoms with Crippen LogP contribution in [0.15, 0.2) is 41.2 Å². The van der Waals surface area contributed by atoms with Crippen molar-refractivity contribution in [3.05, 3.63) is 58.0 Å². The zero-order valence-corrected chi connectivity index (χ0v) is 9.95. The Morgan fingerprint density at radius 2 is 1.83 bits per heavy atom. The van der Waals surface area contributed by atoms with Gasteiger partial charge in [0.25, 0.3) is 5.56 Å². The molecule has 0 amide bonds. The van der Waals surface area contributed by atoms with Crippen LogP contribution < -0.4 is 11.0 Å². The molecule has 18 heavy (non-hydrogen) atoms. The normalized spacial score (nSPS) is 10.4. The van der Waals surface area contributed by atoms with Crippen molar-refractivity contribution >= 4 is 12.6 Å². The van der Waals surface area contributed by atoms with E-state index in [0.29, 0.717) is 12.0 Å². The van der Waals surface area contributed by atoms with Gasteiger partial charge >= 0.3 is 7.12 Å². The van der Waals surface area contributed by atoms with Gasteiger partial charge in [-0.05, 0) is 24.0 Å². The molecule has 0 spiro atoms. The molecule has 2 rings (SSSR count). The summed E-state index contributed by atoms with van der Waals surface area (Å²) >= 11 is 0. The van der Waals surface area contributed by atoms with Gasteiger partial charge in [0, 0.05) is 6.07 Å². The lowest BCUT2D eigenvalue weighted by molar-refractivity contribution is 0.426. The Kier molecular flexibility index (Phi) is 3.59. The first kappa shape index (κ1) is 12.5. The van der Waals surface area contributed by atoms with Gasteiger partial charge < -0.3 is 10.0 Å². The summed E-state index contributed by atoms with van der Waals surface area (Å²) in [5.74, 6) is 0. The number of benzene rings is 1. The Hall–Kier alpha value is -1.92. The summed E-state index contributed by atoms with van der Waals surface area (Å²) in [7, 11) is -1.47. The molecule has 5 nitrogen and oxygen atoms in total. The van der Waals surface area contributed by atoms with Crippen molar-refractivity contribution in [1.29, 1.82) is 0 Å². The zero-order chi connectivity index (χ0) is 13.1. The van der Waals surface area contributed by atoms with Crippen molar-refractivity contribution in [2.45, 2.75) is 13.5 Å². The second-order valence-electron chi connectivity index (χ2n) is 4.09. The molecule has 0 saturated heterocycles. The fraction of sp³-hybridized carbons (Fsp3) is 0.167. The maximum absolute atomic E-state index is 11.6. The van der Waals surface area contributed by atoms with Crippen molar-refractivity contribution in [2.24, 2.45) is 0 Å². The van der Waals surface area contributed by atoms with Gasteiger partial charge in [0.1, 0.15) is 0 Å². The highest BCUT2D eigenvalue weighted by Gasteiger charge is 2.09. The maximum atomic E-state index is 11.6. The molecule has 0 aliphatic carbocycles. The molecule has 0 aliphatic rings. The maximum Gasteiger partial charge on any atom is 0.488 e. The molecule has 6 heteroatoms. The largest absolute Gasteiger partial charge is 0.488 e. The highest BCUT2D eigenvalue weighted by atomic mass is 16.4. The third-order valence-electron chi connectivity index (χ3n) is 2.61. The Bertz CT molecular complexity index is 593. The van der Waals surface area contributed by atoms with Gasteiger partial charge in [0.05, 0.1) is 12.2 Å². The van der Waals surface area contributed by atoms with Gasteiger partial charge in [-0.1, -0.05) is 24.3 Å². The van der Waals surface area contributed by atoms with Crippen molar-refractivity contribution in [2.75, 3.05) is 0 Å². The standard InChI is InChI=1S/C12H13BN2O3/c1-9-2-7-12(16)15(14-9)8-10-3-5-11(6-4-10)13(17)18/h2-7,17-18H,8H2,1H3. The van der Waals surface area contributed by atoms with Crippen LogP contribution in [0.3, 0.4) is 0 Å². The highest BCUT2D eigenvalue weighted by molar-refractivity contribution is 6.58. The first-order valence-corrected chi connectivity index (χ1v) is 5.56. The van der Waals surface area contributed by atoms with E-state index in [9.17, 15) is 4.79 Å². The molecule has 0 radical (unpaired) electrons. The molecule has 1 heterocycles. The molecule has 2 N–H and O–H groups in total. The van der Waals surface area contributed by atoms with Crippen LogP contribution in [0.25, 0.3) is 0 Å². The van der Waals surface area contributed by atoms with Crippen LogP contribution in [-0.4, -0.2) is 26.9 Å². The van der Waals surface area contributed by atoms with Gasteiger partial charge in [-0.3, -0.25) is 4.79 Å². The number of aryl methyl sites for hydroxylation is 1. The Labute approximate surface area is 104 Å². The lowest BCUT2D eigenvalue weighted by Gasteiger charge is -2.06. The summed E-state index contributed by atoms with van der Waals surface area (Å²) in [4.78, 5) is 11.6. The lowest BCUT2D eigenvalue weighted by Crippen LogP contribution is -2.29. The fourth-order valence-corrected chi connectivity index (χ4v) is 1.63. The van der Waals surface area contributed by atoms with Gasteiger partial charge in [-0.25, -0.2) is 4.68 Å².